The molecular formula is C16H29NO. The summed E-state index contributed by atoms with van der Waals surface area (Å²) >= 11 is 0. The van der Waals surface area contributed by atoms with Crippen molar-refractivity contribution in [1.82, 2.24) is 5.32 Å². The maximum absolute atomic E-state index is 5.82. The largest absolute Gasteiger partial charge is 0.378 e. The molecule has 0 aromatic carbocycles. The molecule has 0 aromatic rings. The Morgan fingerprint density at radius 1 is 1.28 bits per heavy atom. The summed E-state index contributed by atoms with van der Waals surface area (Å²) in [6.07, 6.45) is 11.9. The average molecular weight is 251 g/mol. The van der Waals surface area contributed by atoms with Crippen molar-refractivity contribution in [3.8, 4) is 0 Å². The van der Waals surface area contributed by atoms with Crippen LogP contribution >= 0.6 is 0 Å². The lowest BCUT2D eigenvalue weighted by Gasteiger charge is -2.39. The van der Waals surface area contributed by atoms with Crippen molar-refractivity contribution in [2.24, 2.45) is 17.3 Å². The Bertz CT molecular complexity index is 274. The summed E-state index contributed by atoms with van der Waals surface area (Å²) in [4.78, 5) is 0. The Kier molecular flexibility index (Phi) is 3.95. The molecule has 3 fully saturated rings. The first-order chi connectivity index (χ1) is 8.82. The van der Waals surface area contributed by atoms with Gasteiger partial charge in [-0.05, 0) is 68.7 Å². The van der Waals surface area contributed by atoms with E-state index in [9.17, 15) is 0 Å². The van der Waals surface area contributed by atoms with Gasteiger partial charge in [-0.3, -0.25) is 0 Å². The van der Waals surface area contributed by atoms with Crippen molar-refractivity contribution in [3.63, 3.8) is 0 Å². The summed E-state index contributed by atoms with van der Waals surface area (Å²) in [5.74, 6) is 2.07. The van der Waals surface area contributed by atoms with Crippen LogP contribution in [0.2, 0.25) is 0 Å². The van der Waals surface area contributed by atoms with E-state index in [0.717, 1.165) is 25.0 Å². The highest BCUT2D eigenvalue weighted by Crippen LogP contribution is 2.58. The van der Waals surface area contributed by atoms with Crippen LogP contribution in [0.1, 0.15) is 58.3 Å². The summed E-state index contributed by atoms with van der Waals surface area (Å²) in [7, 11) is 0. The highest BCUT2D eigenvalue weighted by molar-refractivity contribution is 5.01. The normalized spacial score (nSPS) is 42.8. The van der Waals surface area contributed by atoms with Crippen LogP contribution < -0.4 is 5.32 Å². The van der Waals surface area contributed by atoms with Gasteiger partial charge in [0.25, 0.3) is 0 Å². The highest BCUT2D eigenvalue weighted by atomic mass is 16.5. The molecule has 1 N–H and O–H groups in total. The van der Waals surface area contributed by atoms with E-state index in [1.165, 1.54) is 57.9 Å². The van der Waals surface area contributed by atoms with Crippen molar-refractivity contribution in [3.05, 3.63) is 0 Å². The zero-order chi connectivity index (χ0) is 12.4. The van der Waals surface area contributed by atoms with Crippen LogP contribution in [-0.2, 0) is 4.74 Å². The minimum atomic E-state index is 0.586. The minimum Gasteiger partial charge on any atom is -0.378 e. The fourth-order valence-corrected chi connectivity index (χ4v) is 4.86. The van der Waals surface area contributed by atoms with E-state index in [-0.39, 0.29) is 0 Å². The second-order valence-corrected chi connectivity index (χ2v) is 6.90. The van der Waals surface area contributed by atoms with Gasteiger partial charge < -0.3 is 10.1 Å². The molecule has 104 valence electrons. The molecule has 0 spiro atoms. The monoisotopic (exact) mass is 251 g/mol. The number of ether oxygens (including phenoxy) is 1. The van der Waals surface area contributed by atoms with Crippen LogP contribution in [0.4, 0.5) is 0 Å². The van der Waals surface area contributed by atoms with Gasteiger partial charge in [0.15, 0.2) is 0 Å². The second kappa shape index (κ2) is 5.50. The molecule has 2 saturated carbocycles. The predicted octanol–water partition coefficient (Wildman–Crippen LogP) is 3.36. The number of hydrogen-bond acceptors (Lipinski definition) is 2. The fourth-order valence-electron chi connectivity index (χ4n) is 4.86. The third kappa shape index (κ3) is 2.46. The second-order valence-electron chi connectivity index (χ2n) is 6.90. The van der Waals surface area contributed by atoms with E-state index in [4.69, 9.17) is 4.74 Å². The highest BCUT2D eigenvalue weighted by Gasteiger charge is 2.50. The van der Waals surface area contributed by atoms with Crippen molar-refractivity contribution >= 4 is 0 Å². The van der Waals surface area contributed by atoms with E-state index in [0.29, 0.717) is 11.5 Å². The summed E-state index contributed by atoms with van der Waals surface area (Å²) in [6.45, 7) is 5.63. The topological polar surface area (TPSA) is 21.3 Å². The lowest BCUT2D eigenvalue weighted by molar-refractivity contribution is 0.0697. The van der Waals surface area contributed by atoms with Gasteiger partial charge in [-0.1, -0.05) is 13.3 Å². The van der Waals surface area contributed by atoms with Crippen LogP contribution in [0.3, 0.4) is 0 Å². The van der Waals surface area contributed by atoms with Crippen molar-refractivity contribution in [2.75, 3.05) is 19.7 Å². The molecular weight excluding hydrogens is 222 g/mol. The van der Waals surface area contributed by atoms with Gasteiger partial charge in [-0.15, -0.1) is 0 Å². The first kappa shape index (κ1) is 12.9. The number of fused-ring (bicyclic) bond motifs is 2. The van der Waals surface area contributed by atoms with Gasteiger partial charge >= 0.3 is 0 Å². The van der Waals surface area contributed by atoms with Crippen LogP contribution in [0.15, 0.2) is 0 Å². The summed E-state index contributed by atoms with van der Waals surface area (Å²) in [5.41, 5.74) is 0.630. The van der Waals surface area contributed by atoms with Gasteiger partial charge in [0.1, 0.15) is 0 Å². The van der Waals surface area contributed by atoms with Gasteiger partial charge in [0, 0.05) is 13.2 Å². The Labute approximate surface area is 112 Å². The van der Waals surface area contributed by atoms with Crippen molar-refractivity contribution in [1.29, 1.82) is 0 Å². The van der Waals surface area contributed by atoms with Gasteiger partial charge in [0.05, 0.1) is 6.10 Å². The number of hydrogen-bond donors (Lipinski definition) is 1. The smallest absolute Gasteiger partial charge is 0.0576 e. The van der Waals surface area contributed by atoms with Gasteiger partial charge in [0.2, 0.25) is 0 Å². The maximum atomic E-state index is 5.82. The van der Waals surface area contributed by atoms with Crippen LogP contribution in [-0.4, -0.2) is 25.8 Å². The van der Waals surface area contributed by atoms with Gasteiger partial charge in [-0.25, -0.2) is 0 Å². The van der Waals surface area contributed by atoms with E-state index >= 15 is 0 Å². The Morgan fingerprint density at radius 3 is 2.83 bits per heavy atom. The average Bonchev–Trinajstić information content (AvgIpc) is 3.10. The molecule has 1 aliphatic heterocycles. The van der Waals surface area contributed by atoms with Crippen LogP contribution in [0, 0.1) is 17.3 Å². The molecule has 1 saturated heterocycles. The summed E-state index contributed by atoms with van der Waals surface area (Å²) in [6, 6.07) is 0. The zero-order valence-electron chi connectivity index (χ0n) is 11.9. The first-order valence-electron chi connectivity index (χ1n) is 8.15. The first-order valence-corrected chi connectivity index (χ1v) is 8.15. The fraction of sp³-hybridized carbons (Fsp3) is 1.00. The molecule has 2 bridgehead atoms. The molecule has 4 atom stereocenters. The standard InChI is InChI=1S/C16H29NO/c1-2-17-12-16(8-7-15-4-3-9-18-15)11-13-5-6-14(16)10-13/h13-15,17H,2-12H2,1H3. The number of nitrogens with one attached hydrogen (secondary N) is 1. The lowest BCUT2D eigenvalue weighted by atomic mass is 9.69. The molecule has 0 amide bonds. The maximum Gasteiger partial charge on any atom is 0.0576 e. The van der Waals surface area contributed by atoms with E-state index in [2.05, 4.69) is 12.2 Å². The SMILES string of the molecule is CCNCC1(CCC2CCCO2)CC2CCC1C2. The molecule has 0 radical (unpaired) electrons. The molecule has 18 heavy (non-hydrogen) atoms. The molecule has 2 nitrogen and oxygen atoms in total. The molecule has 3 aliphatic rings. The van der Waals surface area contributed by atoms with Crippen molar-refractivity contribution in [2.45, 2.75) is 64.4 Å². The zero-order valence-corrected chi connectivity index (χ0v) is 11.9. The summed E-state index contributed by atoms with van der Waals surface area (Å²) in [5, 5.41) is 3.65. The quantitative estimate of drug-likeness (QED) is 0.781. The Morgan fingerprint density at radius 2 is 2.22 bits per heavy atom. The van der Waals surface area contributed by atoms with Gasteiger partial charge in [-0.2, -0.15) is 0 Å². The number of rotatable bonds is 6. The third-order valence-corrected chi connectivity index (χ3v) is 5.82. The van der Waals surface area contributed by atoms with E-state index < -0.39 is 0 Å². The van der Waals surface area contributed by atoms with Crippen LogP contribution in [0.25, 0.3) is 0 Å². The Hall–Kier alpha value is -0.0800. The lowest BCUT2D eigenvalue weighted by Crippen LogP contribution is -2.39. The van der Waals surface area contributed by atoms with Crippen molar-refractivity contribution < 1.29 is 4.74 Å². The minimum absolute atomic E-state index is 0.586. The predicted molar refractivity (Wildman–Crippen MR) is 74.6 cm³/mol. The van der Waals surface area contributed by atoms with E-state index in [1.807, 2.05) is 0 Å². The third-order valence-electron chi connectivity index (χ3n) is 5.82. The summed E-state index contributed by atoms with van der Waals surface area (Å²) < 4.78 is 5.82. The molecule has 2 heteroatoms. The molecule has 2 aliphatic carbocycles. The molecule has 3 rings (SSSR count). The van der Waals surface area contributed by atoms with E-state index in [1.54, 1.807) is 0 Å². The molecule has 1 heterocycles. The van der Waals surface area contributed by atoms with Crippen LogP contribution in [0.5, 0.6) is 0 Å². The Balaban J connectivity index is 1.58. The molecule has 0 aromatic heterocycles. The molecule has 4 unspecified atom stereocenters.